The Bertz CT molecular complexity index is 1920. The minimum absolute atomic E-state index is 0.000566. The van der Waals surface area contributed by atoms with Gasteiger partial charge >= 0.3 is 0 Å². The van der Waals surface area contributed by atoms with Crippen LogP contribution in [0.2, 0.25) is 0 Å². The van der Waals surface area contributed by atoms with Gasteiger partial charge in [0.15, 0.2) is 11.6 Å². The van der Waals surface area contributed by atoms with Crippen molar-refractivity contribution in [3.05, 3.63) is 78.8 Å². The van der Waals surface area contributed by atoms with Gasteiger partial charge in [0, 0.05) is 34.8 Å². The van der Waals surface area contributed by atoms with E-state index in [0.717, 1.165) is 25.7 Å². The average Bonchev–Trinajstić information content (AvgIpc) is 3.62. The van der Waals surface area contributed by atoms with Crippen LogP contribution in [-0.2, 0) is 4.79 Å². The third-order valence-electron chi connectivity index (χ3n) is 7.66. The number of aromatic amines is 2. The maximum atomic E-state index is 15.3. The van der Waals surface area contributed by atoms with Gasteiger partial charge in [0.25, 0.3) is 0 Å². The molecule has 2 aromatic carbocycles. The van der Waals surface area contributed by atoms with Crippen LogP contribution in [0.3, 0.4) is 0 Å². The Balaban J connectivity index is 1.26. The maximum Gasteiger partial charge on any atom is 0.227 e. The Hall–Kier alpha value is -4.99. The van der Waals surface area contributed by atoms with Crippen LogP contribution in [0.15, 0.2) is 67.1 Å². The zero-order valence-corrected chi connectivity index (χ0v) is 21.9. The number of carbonyl (C=O) groups is 1. The number of halogens is 2. The number of pyridine rings is 2. The lowest BCUT2D eigenvalue weighted by Gasteiger charge is -2.20. The molecule has 1 saturated carbocycles. The molecule has 4 aromatic heterocycles. The highest BCUT2D eigenvalue weighted by Crippen LogP contribution is 2.34. The highest BCUT2D eigenvalue weighted by Gasteiger charge is 2.22. The lowest BCUT2D eigenvalue weighted by Crippen LogP contribution is -2.24. The van der Waals surface area contributed by atoms with Gasteiger partial charge in [0.05, 0.1) is 23.1 Å². The molecule has 0 unspecified atom stereocenters. The van der Waals surface area contributed by atoms with Gasteiger partial charge in [-0.05, 0) is 54.8 Å². The first-order valence-electron chi connectivity index (χ1n) is 13.6. The smallest absolute Gasteiger partial charge is 0.227 e. The molecule has 7 rings (SSSR count). The molecular formula is C31H25F2N7O. The van der Waals surface area contributed by atoms with Crippen molar-refractivity contribution in [3.8, 4) is 33.9 Å². The fraction of sp³-hybridized carbons (Fsp3) is 0.194. The van der Waals surface area contributed by atoms with Crippen LogP contribution in [0.1, 0.15) is 32.1 Å². The second-order valence-corrected chi connectivity index (χ2v) is 10.4. The van der Waals surface area contributed by atoms with Gasteiger partial charge in [-0.3, -0.25) is 19.9 Å². The van der Waals surface area contributed by atoms with Gasteiger partial charge in [-0.2, -0.15) is 5.10 Å². The largest absolute Gasteiger partial charge is 0.337 e. The normalized spacial score (nSPS) is 14.1. The summed E-state index contributed by atoms with van der Waals surface area (Å²) in [5, 5.41) is 10.6. The first kappa shape index (κ1) is 25.0. The summed E-state index contributed by atoms with van der Waals surface area (Å²) in [6, 6.07) is 13.0. The van der Waals surface area contributed by atoms with Crippen molar-refractivity contribution in [1.29, 1.82) is 0 Å². The molecule has 10 heteroatoms. The number of benzene rings is 2. The van der Waals surface area contributed by atoms with Crippen LogP contribution in [0.25, 0.3) is 55.8 Å². The summed E-state index contributed by atoms with van der Waals surface area (Å²) in [6.07, 6.45) is 9.95. The quantitative estimate of drug-likeness (QED) is 0.214. The third kappa shape index (κ3) is 4.71. The van der Waals surface area contributed by atoms with Gasteiger partial charge in [0.2, 0.25) is 5.91 Å². The topological polar surface area (TPSA) is 112 Å². The molecule has 0 radical (unpaired) electrons. The number of anilines is 1. The first-order chi connectivity index (χ1) is 20.0. The van der Waals surface area contributed by atoms with Gasteiger partial charge in [-0.25, -0.2) is 13.8 Å². The third-order valence-corrected chi connectivity index (χ3v) is 7.66. The monoisotopic (exact) mass is 549 g/mol. The van der Waals surface area contributed by atoms with Gasteiger partial charge in [-0.1, -0.05) is 31.4 Å². The predicted octanol–water partition coefficient (Wildman–Crippen LogP) is 7.03. The van der Waals surface area contributed by atoms with Crippen molar-refractivity contribution < 1.29 is 13.6 Å². The van der Waals surface area contributed by atoms with E-state index in [1.54, 1.807) is 42.9 Å². The number of rotatable bonds is 5. The number of carbonyl (C=O) groups excluding carboxylic acids is 1. The Morgan fingerprint density at radius 1 is 0.927 bits per heavy atom. The lowest BCUT2D eigenvalue weighted by molar-refractivity contribution is -0.120. The van der Waals surface area contributed by atoms with Crippen LogP contribution in [0, 0.1) is 17.6 Å². The Kier molecular flexibility index (Phi) is 6.22. The number of imidazole rings is 1. The molecule has 1 aliphatic carbocycles. The van der Waals surface area contributed by atoms with Gasteiger partial charge in [-0.15, -0.1) is 0 Å². The molecule has 0 bridgehead atoms. The Morgan fingerprint density at radius 3 is 2.66 bits per heavy atom. The number of fused-ring (bicyclic) bond motifs is 2. The van der Waals surface area contributed by atoms with Crippen molar-refractivity contribution in [2.45, 2.75) is 32.1 Å². The van der Waals surface area contributed by atoms with Gasteiger partial charge in [0.1, 0.15) is 22.5 Å². The highest BCUT2D eigenvalue weighted by atomic mass is 19.1. The van der Waals surface area contributed by atoms with Crippen LogP contribution in [0.4, 0.5) is 14.5 Å². The van der Waals surface area contributed by atoms with E-state index in [1.807, 2.05) is 6.07 Å². The summed E-state index contributed by atoms with van der Waals surface area (Å²) in [4.78, 5) is 29.5. The second-order valence-electron chi connectivity index (χ2n) is 10.4. The molecule has 1 aliphatic rings. The lowest BCUT2D eigenvalue weighted by atomic mass is 9.88. The molecule has 0 saturated heterocycles. The second kappa shape index (κ2) is 10.2. The van der Waals surface area contributed by atoms with E-state index < -0.39 is 5.82 Å². The van der Waals surface area contributed by atoms with Crippen molar-refractivity contribution in [2.75, 3.05) is 5.32 Å². The Morgan fingerprint density at radius 2 is 1.80 bits per heavy atom. The average molecular weight is 550 g/mol. The number of aromatic nitrogens is 6. The summed E-state index contributed by atoms with van der Waals surface area (Å²) in [5.41, 5.74) is 4.84. The molecule has 8 nitrogen and oxygen atoms in total. The summed E-state index contributed by atoms with van der Waals surface area (Å²) >= 11 is 0. The Labute approximate surface area is 233 Å². The van der Waals surface area contributed by atoms with E-state index in [-0.39, 0.29) is 23.2 Å². The zero-order valence-electron chi connectivity index (χ0n) is 21.9. The minimum atomic E-state index is -0.505. The fourth-order valence-electron chi connectivity index (χ4n) is 5.60. The van der Waals surface area contributed by atoms with E-state index in [4.69, 9.17) is 4.98 Å². The zero-order chi connectivity index (χ0) is 27.9. The number of hydrogen-bond acceptors (Lipinski definition) is 5. The molecule has 0 spiro atoms. The summed E-state index contributed by atoms with van der Waals surface area (Å²) in [5.74, 6) is -0.424. The number of hydrogen-bond donors (Lipinski definition) is 3. The molecule has 1 amide bonds. The van der Waals surface area contributed by atoms with E-state index in [1.165, 1.54) is 24.6 Å². The van der Waals surface area contributed by atoms with Crippen molar-refractivity contribution >= 4 is 33.5 Å². The summed E-state index contributed by atoms with van der Waals surface area (Å²) < 4.78 is 29.2. The highest BCUT2D eigenvalue weighted by molar-refractivity contribution is 5.98. The molecule has 0 atom stereocenters. The van der Waals surface area contributed by atoms with E-state index in [9.17, 15) is 9.18 Å². The summed E-state index contributed by atoms with van der Waals surface area (Å²) in [7, 11) is 0. The minimum Gasteiger partial charge on any atom is -0.337 e. The number of nitrogens with one attached hydrogen (secondary N) is 3. The fourth-order valence-corrected chi connectivity index (χ4v) is 5.60. The van der Waals surface area contributed by atoms with Crippen LogP contribution in [0.5, 0.6) is 0 Å². The van der Waals surface area contributed by atoms with E-state index in [0.29, 0.717) is 56.0 Å². The standard InChI is InChI=1S/C31H25F2N7O/c32-21-8-4-7-18(11-21)26-29-25(9-10-35-26)37-30(38-29)28-23-13-19(14-24(33)27(23)39-40-28)20-12-22(16-34-15-20)36-31(41)17-5-2-1-3-6-17/h4,7-17H,1-3,5-6H2,(H,36,41)(H,37,38)(H,39,40). The molecule has 1 fully saturated rings. The van der Waals surface area contributed by atoms with E-state index >= 15 is 4.39 Å². The SMILES string of the molecule is O=C(Nc1cncc(-c2cc(F)c3n[nH]c(-c4nc5c(-c6cccc(F)c6)nccc5[nH]4)c3c2)c1)C1CCCCC1. The first-order valence-corrected chi connectivity index (χ1v) is 13.6. The molecule has 0 aliphatic heterocycles. The number of nitrogens with zero attached hydrogens (tertiary/aromatic N) is 4. The number of H-pyrrole nitrogens is 2. The van der Waals surface area contributed by atoms with E-state index in [2.05, 4.69) is 30.5 Å². The van der Waals surface area contributed by atoms with Crippen molar-refractivity contribution in [2.24, 2.45) is 5.92 Å². The van der Waals surface area contributed by atoms with Crippen LogP contribution < -0.4 is 5.32 Å². The summed E-state index contributed by atoms with van der Waals surface area (Å²) in [6.45, 7) is 0. The van der Waals surface area contributed by atoms with Crippen molar-refractivity contribution in [1.82, 2.24) is 30.1 Å². The van der Waals surface area contributed by atoms with Crippen molar-refractivity contribution in [3.63, 3.8) is 0 Å². The molecule has 3 N–H and O–H groups in total. The molecule has 4 heterocycles. The van der Waals surface area contributed by atoms with Crippen LogP contribution >= 0.6 is 0 Å². The predicted molar refractivity (Wildman–Crippen MR) is 153 cm³/mol. The molecule has 204 valence electrons. The molecular weight excluding hydrogens is 524 g/mol. The molecule has 6 aromatic rings. The molecule has 41 heavy (non-hydrogen) atoms. The van der Waals surface area contributed by atoms with Gasteiger partial charge < -0.3 is 10.3 Å². The van der Waals surface area contributed by atoms with Crippen LogP contribution in [-0.4, -0.2) is 36.0 Å². The number of amides is 1. The maximum absolute atomic E-state index is 15.3.